The van der Waals surface area contributed by atoms with E-state index in [4.69, 9.17) is 4.74 Å². The zero-order valence-electron chi connectivity index (χ0n) is 8.00. The fraction of sp³-hybridized carbons (Fsp3) is 0.273. The van der Waals surface area contributed by atoms with Crippen LogP contribution in [0.4, 0.5) is 0 Å². The van der Waals surface area contributed by atoms with Gasteiger partial charge in [-0.1, -0.05) is 12.1 Å². The van der Waals surface area contributed by atoms with E-state index in [9.17, 15) is 0 Å². The standard InChI is InChI=1S/C11H12N2O/c1-14-10-4-2-3-7-5-8(9-6-12-9)13-11(7)10/h2-5,9,12-13H,6H2,1H3/t9-/m1/s1. The van der Waals surface area contributed by atoms with Crippen LogP contribution in [0.5, 0.6) is 5.75 Å². The molecule has 0 aliphatic carbocycles. The van der Waals surface area contributed by atoms with Gasteiger partial charge in [0.2, 0.25) is 0 Å². The fourth-order valence-corrected chi connectivity index (χ4v) is 1.79. The number of nitrogens with one attached hydrogen (secondary N) is 2. The Kier molecular flexibility index (Phi) is 1.55. The summed E-state index contributed by atoms with van der Waals surface area (Å²) in [5, 5.41) is 4.49. The lowest BCUT2D eigenvalue weighted by Gasteiger charge is -1.99. The Labute approximate surface area is 82.1 Å². The summed E-state index contributed by atoms with van der Waals surface area (Å²) in [5.74, 6) is 0.911. The van der Waals surface area contributed by atoms with Gasteiger partial charge in [0.1, 0.15) is 5.75 Å². The Hall–Kier alpha value is -1.48. The van der Waals surface area contributed by atoms with Crippen molar-refractivity contribution in [3.63, 3.8) is 0 Å². The first-order chi connectivity index (χ1) is 6.88. The van der Waals surface area contributed by atoms with Gasteiger partial charge >= 0.3 is 0 Å². The maximum atomic E-state index is 5.29. The monoisotopic (exact) mass is 188 g/mol. The molecule has 1 saturated heterocycles. The summed E-state index contributed by atoms with van der Waals surface area (Å²) in [6.45, 7) is 1.08. The van der Waals surface area contributed by atoms with Crippen molar-refractivity contribution in [1.29, 1.82) is 0 Å². The normalized spacial score (nSPS) is 19.9. The number of fused-ring (bicyclic) bond motifs is 1. The minimum absolute atomic E-state index is 0.520. The number of ether oxygens (including phenoxy) is 1. The molecule has 0 bridgehead atoms. The van der Waals surface area contributed by atoms with Crippen molar-refractivity contribution in [2.24, 2.45) is 0 Å². The lowest BCUT2D eigenvalue weighted by Crippen LogP contribution is -1.85. The maximum Gasteiger partial charge on any atom is 0.142 e. The van der Waals surface area contributed by atoms with Gasteiger partial charge in [0.25, 0.3) is 0 Å². The molecule has 3 rings (SSSR count). The van der Waals surface area contributed by atoms with E-state index >= 15 is 0 Å². The van der Waals surface area contributed by atoms with Crippen molar-refractivity contribution in [3.8, 4) is 5.75 Å². The molecule has 3 nitrogen and oxygen atoms in total. The molecule has 2 N–H and O–H groups in total. The van der Waals surface area contributed by atoms with Crippen molar-refractivity contribution in [2.45, 2.75) is 6.04 Å². The van der Waals surface area contributed by atoms with E-state index in [1.54, 1.807) is 7.11 Å². The molecule has 3 heteroatoms. The summed E-state index contributed by atoms with van der Waals surface area (Å²) >= 11 is 0. The predicted molar refractivity (Wildman–Crippen MR) is 55.6 cm³/mol. The number of aromatic amines is 1. The summed E-state index contributed by atoms with van der Waals surface area (Å²) in [7, 11) is 1.70. The molecular weight excluding hydrogens is 176 g/mol. The highest BCUT2D eigenvalue weighted by atomic mass is 16.5. The van der Waals surface area contributed by atoms with Crippen LogP contribution in [0, 0.1) is 0 Å². The fourth-order valence-electron chi connectivity index (χ4n) is 1.79. The molecule has 14 heavy (non-hydrogen) atoms. The van der Waals surface area contributed by atoms with Crippen LogP contribution in [0.3, 0.4) is 0 Å². The van der Waals surface area contributed by atoms with E-state index in [2.05, 4.69) is 22.4 Å². The molecule has 0 unspecified atom stereocenters. The van der Waals surface area contributed by atoms with E-state index in [0.29, 0.717) is 6.04 Å². The Balaban J connectivity index is 2.20. The average molecular weight is 188 g/mol. The van der Waals surface area contributed by atoms with Gasteiger partial charge in [0.05, 0.1) is 18.7 Å². The third kappa shape index (κ3) is 1.09. The van der Waals surface area contributed by atoms with Crippen molar-refractivity contribution in [1.82, 2.24) is 10.3 Å². The molecular formula is C11H12N2O. The average Bonchev–Trinajstić information content (AvgIpc) is 2.97. The van der Waals surface area contributed by atoms with Crippen molar-refractivity contribution in [2.75, 3.05) is 13.7 Å². The minimum Gasteiger partial charge on any atom is -0.495 e. The van der Waals surface area contributed by atoms with Gasteiger partial charge in [-0.2, -0.15) is 0 Å². The molecule has 1 aromatic carbocycles. The van der Waals surface area contributed by atoms with Gasteiger partial charge in [-0.05, 0) is 12.1 Å². The van der Waals surface area contributed by atoms with Crippen LogP contribution in [-0.2, 0) is 0 Å². The summed E-state index contributed by atoms with van der Waals surface area (Å²) < 4.78 is 5.29. The number of para-hydroxylation sites is 1. The molecule has 2 aromatic rings. The van der Waals surface area contributed by atoms with Gasteiger partial charge in [-0.15, -0.1) is 0 Å². The van der Waals surface area contributed by atoms with Gasteiger partial charge in [0.15, 0.2) is 0 Å². The smallest absolute Gasteiger partial charge is 0.142 e. The molecule has 1 aliphatic rings. The first-order valence-corrected chi connectivity index (χ1v) is 4.77. The Morgan fingerprint density at radius 2 is 2.29 bits per heavy atom. The first-order valence-electron chi connectivity index (χ1n) is 4.77. The second-order valence-electron chi connectivity index (χ2n) is 3.61. The van der Waals surface area contributed by atoms with Crippen LogP contribution >= 0.6 is 0 Å². The number of hydrogen-bond acceptors (Lipinski definition) is 2. The first kappa shape index (κ1) is 7.88. The number of benzene rings is 1. The summed E-state index contributed by atoms with van der Waals surface area (Å²) in [6.07, 6.45) is 0. The Morgan fingerprint density at radius 3 is 3.00 bits per heavy atom. The Morgan fingerprint density at radius 1 is 1.43 bits per heavy atom. The predicted octanol–water partition coefficient (Wildman–Crippen LogP) is 1.82. The molecule has 0 spiro atoms. The second kappa shape index (κ2) is 2.75. The molecule has 1 aliphatic heterocycles. The van der Waals surface area contributed by atoms with Crippen LogP contribution in [0.25, 0.3) is 10.9 Å². The van der Waals surface area contributed by atoms with Crippen LogP contribution in [0.15, 0.2) is 24.3 Å². The Bertz CT molecular complexity index is 471. The van der Waals surface area contributed by atoms with E-state index in [1.807, 2.05) is 12.1 Å². The highest BCUT2D eigenvalue weighted by Gasteiger charge is 2.24. The molecule has 1 atom stereocenters. The highest BCUT2D eigenvalue weighted by molar-refractivity contribution is 5.86. The zero-order chi connectivity index (χ0) is 9.54. The lowest BCUT2D eigenvalue weighted by molar-refractivity contribution is 0.419. The van der Waals surface area contributed by atoms with Gasteiger partial charge in [-0.3, -0.25) is 0 Å². The largest absolute Gasteiger partial charge is 0.495 e. The van der Waals surface area contributed by atoms with Crippen LogP contribution in [-0.4, -0.2) is 18.6 Å². The maximum absolute atomic E-state index is 5.29. The highest BCUT2D eigenvalue weighted by Crippen LogP contribution is 2.29. The van der Waals surface area contributed by atoms with E-state index < -0.39 is 0 Å². The quantitative estimate of drug-likeness (QED) is 0.706. The number of methoxy groups -OCH3 is 1. The third-order valence-electron chi connectivity index (χ3n) is 2.64. The van der Waals surface area contributed by atoms with Crippen molar-refractivity contribution >= 4 is 10.9 Å². The summed E-state index contributed by atoms with van der Waals surface area (Å²) in [6, 6.07) is 8.79. The summed E-state index contributed by atoms with van der Waals surface area (Å²) in [5.41, 5.74) is 2.35. The molecule has 72 valence electrons. The molecule has 1 aromatic heterocycles. The van der Waals surface area contributed by atoms with Crippen LogP contribution in [0.2, 0.25) is 0 Å². The zero-order valence-corrected chi connectivity index (χ0v) is 8.00. The van der Waals surface area contributed by atoms with Gasteiger partial charge < -0.3 is 15.0 Å². The molecule has 0 amide bonds. The molecule has 0 saturated carbocycles. The van der Waals surface area contributed by atoms with Gasteiger partial charge in [0, 0.05) is 17.6 Å². The second-order valence-corrected chi connectivity index (χ2v) is 3.61. The lowest BCUT2D eigenvalue weighted by atomic mass is 10.2. The molecule has 1 fully saturated rings. The van der Waals surface area contributed by atoms with E-state index in [1.165, 1.54) is 11.1 Å². The number of hydrogen-bond donors (Lipinski definition) is 2. The molecule has 0 radical (unpaired) electrons. The van der Waals surface area contributed by atoms with E-state index in [-0.39, 0.29) is 0 Å². The van der Waals surface area contributed by atoms with E-state index in [0.717, 1.165) is 17.8 Å². The van der Waals surface area contributed by atoms with Crippen LogP contribution in [0.1, 0.15) is 11.7 Å². The number of aromatic nitrogens is 1. The third-order valence-corrected chi connectivity index (χ3v) is 2.64. The topological polar surface area (TPSA) is 47.0 Å². The van der Waals surface area contributed by atoms with Crippen molar-refractivity contribution in [3.05, 3.63) is 30.0 Å². The number of rotatable bonds is 2. The molecule has 2 heterocycles. The summed E-state index contributed by atoms with van der Waals surface area (Å²) in [4.78, 5) is 3.39. The minimum atomic E-state index is 0.520. The van der Waals surface area contributed by atoms with Crippen LogP contribution < -0.4 is 10.1 Å². The number of H-pyrrole nitrogens is 1. The van der Waals surface area contributed by atoms with Crippen molar-refractivity contribution < 1.29 is 4.74 Å². The van der Waals surface area contributed by atoms with Gasteiger partial charge in [-0.25, -0.2) is 0 Å². The SMILES string of the molecule is COc1cccc2cc([C@H]3CN3)[nH]c12.